The Balaban J connectivity index is 1.78. The van der Waals surface area contributed by atoms with Gasteiger partial charge in [-0.2, -0.15) is 0 Å². The number of halogens is 1. The number of anilines is 1. The second-order valence-electron chi connectivity index (χ2n) is 9.47. The maximum atomic E-state index is 13.6. The van der Waals surface area contributed by atoms with E-state index in [0.717, 1.165) is 13.1 Å². The third-order valence-electron chi connectivity index (χ3n) is 6.17. The van der Waals surface area contributed by atoms with Crippen molar-refractivity contribution < 1.29 is 23.5 Å². The number of nitrogens with zero attached hydrogens (tertiary/aromatic N) is 2. The van der Waals surface area contributed by atoms with Crippen LogP contribution in [0.1, 0.15) is 51.5 Å². The monoisotopic (exact) mass is 472 g/mol. The first-order valence-corrected chi connectivity index (χ1v) is 11.3. The molecule has 3 rings (SSSR count). The van der Waals surface area contributed by atoms with Gasteiger partial charge in [0.05, 0.1) is 24.5 Å². The topological polar surface area (TPSA) is 92.7 Å². The molecule has 34 heavy (non-hydrogen) atoms. The van der Waals surface area contributed by atoms with Crippen LogP contribution < -0.4 is 10.6 Å². The summed E-state index contributed by atoms with van der Waals surface area (Å²) >= 11 is 0. The maximum Gasteiger partial charge on any atom is 0.294 e. The number of Topliss-reactive ketones (excluding diaryl/α,β-unsaturated/α-hetero) is 1. The van der Waals surface area contributed by atoms with Gasteiger partial charge < -0.3 is 19.9 Å². The number of aryl methyl sites for hydroxylation is 1. The van der Waals surface area contributed by atoms with Crippen LogP contribution in [0.15, 0.2) is 18.2 Å². The van der Waals surface area contributed by atoms with Crippen molar-refractivity contribution in [1.82, 2.24) is 14.8 Å². The van der Waals surface area contributed by atoms with Gasteiger partial charge >= 0.3 is 0 Å². The Bertz CT molecular complexity index is 1120. The van der Waals surface area contributed by atoms with Gasteiger partial charge in [-0.15, -0.1) is 0 Å². The number of ketones is 1. The van der Waals surface area contributed by atoms with Crippen molar-refractivity contribution in [2.24, 2.45) is 7.05 Å². The molecule has 1 aromatic heterocycles. The molecule has 0 atom stereocenters. The summed E-state index contributed by atoms with van der Waals surface area (Å²) in [5, 5.41) is 5.60. The first kappa shape index (κ1) is 25.6. The maximum absolute atomic E-state index is 13.6. The number of hydrogen-bond donors (Lipinski definition) is 2. The number of nitrogens with one attached hydrogen (secondary N) is 2. The fourth-order valence-corrected chi connectivity index (χ4v) is 4.38. The zero-order chi connectivity index (χ0) is 25.2. The molecule has 1 saturated heterocycles. The Morgan fingerprint density at radius 2 is 1.76 bits per heavy atom. The van der Waals surface area contributed by atoms with Crippen molar-refractivity contribution in [2.45, 2.75) is 40.2 Å². The van der Waals surface area contributed by atoms with Crippen molar-refractivity contribution in [3.05, 3.63) is 52.1 Å². The fraction of sp³-hybridized carbons (Fsp3) is 0.480. The quantitative estimate of drug-likeness (QED) is 0.478. The average Bonchev–Trinajstić information content (AvgIpc) is 2.98. The van der Waals surface area contributed by atoms with Crippen molar-refractivity contribution in [1.29, 1.82) is 0 Å². The van der Waals surface area contributed by atoms with Crippen molar-refractivity contribution >= 4 is 23.3 Å². The molecule has 9 heteroatoms. The van der Waals surface area contributed by atoms with Gasteiger partial charge in [-0.05, 0) is 63.9 Å². The highest BCUT2D eigenvalue weighted by molar-refractivity contribution is 6.43. The van der Waals surface area contributed by atoms with Gasteiger partial charge in [0, 0.05) is 43.6 Å². The molecule has 1 fully saturated rings. The van der Waals surface area contributed by atoms with Crippen LogP contribution in [-0.4, -0.2) is 65.5 Å². The standard InChI is InChI=1S/C25H33FN4O4/c1-15-13-18(7-8-19(15)26)27-23(32)20-16(2)21(29(6)17(20)3)22(31)24(33)28-25(4,5)14-30-9-11-34-12-10-30/h7-8,13H,9-12,14H2,1-6H3,(H,27,32)(H,28,33). The van der Waals surface area contributed by atoms with E-state index in [1.165, 1.54) is 18.2 Å². The lowest BCUT2D eigenvalue weighted by Crippen LogP contribution is -2.55. The lowest BCUT2D eigenvalue weighted by Gasteiger charge is -2.35. The molecular weight excluding hydrogens is 439 g/mol. The van der Waals surface area contributed by atoms with E-state index >= 15 is 0 Å². The van der Waals surface area contributed by atoms with Gasteiger partial charge in [-0.25, -0.2) is 4.39 Å². The molecule has 2 heterocycles. The molecule has 2 amide bonds. The summed E-state index contributed by atoms with van der Waals surface area (Å²) in [5.41, 5.74) is 1.68. The molecule has 1 aliphatic rings. The van der Waals surface area contributed by atoms with Crippen LogP contribution in [0.5, 0.6) is 0 Å². The van der Waals surface area contributed by atoms with Gasteiger partial charge in [0.1, 0.15) is 5.82 Å². The molecule has 1 aliphatic heterocycles. The zero-order valence-corrected chi connectivity index (χ0v) is 20.7. The molecule has 0 radical (unpaired) electrons. The van der Waals surface area contributed by atoms with E-state index in [2.05, 4.69) is 15.5 Å². The van der Waals surface area contributed by atoms with E-state index in [4.69, 9.17) is 4.74 Å². The van der Waals surface area contributed by atoms with Crippen LogP contribution in [-0.2, 0) is 16.6 Å². The van der Waals surface area contributed by atoms with Crippen LogP contribution in [0.3, 0.4) is 0 Å². The summed E-state index contributed by atoms with van der Waals surface area (Å²) in [7, 11) is 1.65. The summed E-state index contributed by atoms with van der Waals surface area (Å²) in [4.78, 5) is 41.2. The fourth-order valence-electron chi connectivity index (χ4n) is 4.38. The molecule has 184 valence electrons. The SMILES string of the molecule is Cc1cc(NC(=O)c2c(C)c(C(=O)C(=O)NC(C)(C)CN3CCOCC3)n(C)c2C)ccc1F. The number of carbonyl (C=O) groups excluding carboxylic acids is 3. The molecule has 8 nitrogen and oxygen atoms in total. The van der Waals surface area contributed by atoms with Gasteiger partial charge in [-0.1, -0.05) is 0 Å². The van der Waals surface area contributed by atoms with Crippen molar-refractivity contribution in [3.8, 4) is 0 Å². The Morgan fingerprint density at radius 1 is 1.12 bits per heavy atom. The van der Waals surface area contributed by atoms with Gasteiger partial charge in [-0.3, -0.25) is 19.3 Å². The molecule has 0 unspecified atom stereocenters. The molecule has 1 aromatic carbocycles. The minimum atomic E-state index is -0.719. The van der Waals surface area contributed by atoms with E-state index in [9.17, 15) is 18.8 Å². The second-order valence-corrected chi connectivity index (χ2v) is 9.47. The van der Waals surface area contributed by atoms with Crippen LogP contribution in [0, 0.1) is 26.6 Å². The molecule has 0 aliphatic carbocycles. The van der Waals surface area contributed by atoms with Crippen LogP contribution in [0.2, 0.25) is 0 Å². The summed E-state index contributed by atoms with van der Waals surface area (Å²) in [6.07, 6.45) is 0. The number of benzene rings is 1. The number of carbonyl (C=O) groups is 3. The Labute approximate surface area is 199 Å². The highest BCUT2D eigenvalue weighted by atomic mass is 19.1. The third-order valence-corrected chi connectivity index (χ3v) is 6.17. The lowest BCUT2D eigenvalue weighted by atomic mass is 10.0. The molecular formula is C25H33FN4O4. The first-order chi connectivity index (χ1) is 15.9. The summed E-state index contributed by atoms with van der Waals surface area (Å²) < 4.78 is 20.5. The second kappa shape index (κ2) is 10.1. The predicted molar refractivity (Wildman–Crippen MR) is 128 cm³/mol. The average molecular weight is 473 g/mol. The van der Waals surface area contributed by atoms with Gasteiger partial charge in [0.15, 0.2) is 0 Å². The number of amides is 2. The smallest absolute Gasteiger partial charge is 0.294 e. The number of aromatic nitrogens is 1. The van der Waals surface area contributed by atoms with Crippen molar-refractivity contribution in [2.75, 3.05) is 38.2 Å². The summed E-state index contributed by atoms with van der Waals surface area (Å²) in [5.74, 6) is -2.21. The Kier molecular flexibility index (Phi) is 7.57. The molecule has 0 saturated carbocycles. The van der Waals surface area contributed by atoms with E-state index in [1.54, 1.807) is 32.4 Å². The normalized spacial score (nSPS) is 14.7. The lowest BCUT2D eigenvalue weighted by molar-refractivity contribution is -0.118. The summed E-state index contributed by atoms with van der Waals surface area (Å²) in [6.45, 7) is 12.2. The molecule has 0 spiro atoms. The Morgan fingerprint density at radius 3 is 2.38 bits per heavy atom. The third kappa shape index (κ3) is 5.53. The molecule has 2 aromatic rings. The Hall–Kier alpha value is -3.04. The number of rotatable bonds is 7. The molecule has 2 N–H and O–H groups in total. The minimum Gasteiger partial charge on any atom is -0.379 e. The van der Waals surface area contributed by atoms with Crippen LogP contribution in [0.25, 0.3) is 0 Å². The first-order valence-electron chi connectivity index (χ1n) is 11.3. The van der Waals surface area contributed by atoms with E-state index in [-0.39, 0.29) is 11.5 Å². The highest BCUT2D eigenvalue weighted by Gasteiger charge is 2.32. The number of ether oxygens (including phenoxy) is 1. The number of morpholine rings is 1. The van der Waals surface area contributed by atoms with Gasteiger partial charge in [0.25, 0.3) is 17.6 Å². The zero-order valence-electron chi connectivity index (χ0n) is 20.7. The van der Waals surface area contributed by atoms with E-state index < -0.39 is 23.1 Å². The minimum absolute atomic E-state index is 0.164. The largest absolute Gasteiger partial charge is 0.379 e. The predicted octanol–water partition coefficient (Wildman–Crippen LogP) is 2.75. The number of hydrogen-bond acceptors (Lipinski definition) is 5. The van der Waals surface area contributed by atoms with Crippen molar-refractivity contribution in [3.63, 3.8) is 0 Å². The van der Waals surface area contributed by atoms with Gasteiger partial charge in [0.2, 0.25) is 0 Å². The molecule has 0 bridgehead atoms. The van der Waals surface area contributed by atoms with Crippen LogP contribution in [0.4, 0.5) is 10.1 Å². The van der Waals surface area contributed by atoms with E-state index in [0.29, 0.717) is 47.8 Å². The summed E-state index contributed by atoms with van der Waals surface area (Å²) in [6, 6.07) is 4.30. The van der Waals surface area contributed by atoms with Crippen LogP contribution >= 0.6 is 0 Å². The highest BCUT2D eigenvalue weighted by Crippen LogP contribution is 2.24. The van der Waals surface area contributed by atoms with E-state index in [1.807, 2.05) is 13.8 Å².